The van der Waals surface area contributed by atoms with Gasteiger partial charge in [-0.05, 0) is 24.0 Å². The molecule has 0 amide bonds. The molecule has 0 aromatic rings. The molecule has 1 N–H and O–H groups in total. The van der Waals surface area contributed by atoms with Gasteiger partial charge in [-0.1, -0.05) is 19.9 Å². The molecule has 1 atom stereocenters. The van der Waals surface area contributed by atoms with Crippen molar-refractivity contribution in [3.63, 3.8) is 0 Å². The van der Waals surface area contributed by atoms with E-state index in [4.69, 9.17) is 0 Å². The van der Waals surface area contributed by atoms with Crippen LogP contribution in [0.4, 0.5) is 0 Å². The standard InChI is InChI=1S/C11H14O2/c1-11(2)6-7-5-8(12)3-4-9(7)10(11)13/h3-4,7,13H,5-6H2,1-2H3. The molecule has 0 saturated heterocycles. The maximum atomic E-state index is 11.1. The van der Waals surface area contributed by atoms with Crippen molar-refractivity contribution in [2.24, 2.45) is 11.3 Å². The molecule has 70 valence electrons. The first-order valence-electron chi connectivity index (χ1n) is 4.65. The lowest BCUT2D eigenvalue weighted by Gasteiger charge is -2.18. The van der Waals surface area contributed by atoms with Crippen LogP contribution in [0.1, 0.15) is 26.7 Å². The summed E-state index contributed by atoms with van der Waals surface area (Å²) in [6.07, 6.45) is 4.81. The fourth-order valence-electron chi connectivity index (χ4n) is 2.30. The highest BCUT2D eigenvalue weighted by Crippen LogP contribution is 2.47. The molecule has 0 heterocycles. The number of fused-ring (bicyclic) bond motifs is 1. The maximum Gasteiger partial charge on any atom is 0.156 e. The summed E-state index contributed by atoms with van der Waals surface area (Å²) in [6.45, 7) is 4.04. The Bertz CT molecular complexity index is 321. The van der Waals surface area contributed by atoms with Gasteiger partial charge < -0.3 is 5.11 Å². The van der Waals surface area contributed by atoms with Gasteiger partial charge in [0, 0.05) is 11.8 Å². The third-order valence-corrected chi connectivity index (χ3v) is 3.01. The summed E-state index contributed by atoms with van der Waals surface area (Å²) in [7, 11) is 0. The van der Waals surface area contributed by atoms with E-state index < -0.39 is 0 Å². The van der Waals surface area contributed by atoms with Crippen LogP contribution in [0.25, 0.3) is 0 Å². The second-order valence-corrected chi connectivity index (χ2v) is 4.59. The van der Waals surface area contributed by atoms with Crippen molar-refractivity contribution in [2.45, 2.75) is 26.7 Å². The molecule has 0 aromatic carbocycles. The van der Waals surface area contributed by atoms with E-state index in [1.807, 2.05) is 13.8 Å². The molecule has 1 unspecified atom stereocenters. The first kappa shape index (κ1) is 8.54. The van der Waals surface area contributed by atoms with Crippen LogP contribution in [0, 0.1) is 11.3 Å². The molecule has 2 aliphatic carbocycles. The van der Waals surface area contributed by atoms with Crippen LogP contribution in [-0.2, 0) is 4.79 Å². The average molecular weight is 178 g/mol. The minimum Gasteiger partial charge on any atom is -0.511 e. The zero-order valence-electron chi connectivity index (χ0n) is 8.00. The Labute approximate surface area is 78.0 Å². The van der Waals surface area contributed by atoms with Crippen LogP contribution >= 0.6 is 0 Å². The van der Waals surface area contributed by atoms with Crippen LogP contribution in [0.3, 0.4) is 0 Å². The Balaban J connectivity index is 2.41. The van der Waals surface area contributed by atoms with Crippen LogP contribution in [0.5, 0.6) is 0 Å². The molecular weight excluding hydrogens is 164 g/mol. The van der Waals surface area contributed by atoms with Crippen molar-refractivity contribution in [3.05, 3.63) is 23.5 Å². The van der Waals surface area contributed by atoms with E-state index in [0.29, 0.717) is 12.2 Å². The molecule has 0 spiro atoms. The smallest absolute Gasteiger partial charge is 0.156 e. The summed E-state index contributed by atoms with van der Waals surface area (Å²) in [5.41, 5.74) is 0.833. The Morgan fingerprint density at radius 3 is 2.85 bits per heavy atom. The van der Waals surface area contributed by atoms with E-state index in [0.717, 1.165) is 12.0 Å². The molecular formula is C11H14O2. The van der Waals surface area contributed by atoms with Crippen molar-refractivity contribution in [2.75, 3.05) is 0 Å². The first-order valence-corrected chi connectivity index (χ1v) is 4.65. The van der Waals surface area contributed by atoms with Gasteiger partial charge in [-0.15, -0.1) is 0 Å². The lowest BCUT2D eigenvalue weighted by Crippen LogP contribution is -2.13. The van der Waals surface area contributed by atoms with E-state index >= 15 is 0 Å². The van der Waals surface area contributed by atoms with Gasteiger partial charge in [0.1, 0.15) is 5.76 Å². The molecule has 0 radical (unpaired) electrons. The lowest BCUT2D eigenvalue weighted by atomic mass is 9.85. The second-order valence-electron chi connectivity index (χ2n) is 4.59. The molecule has 13 heavy (non-hydrogen) atoms. The number of carbonyl (C=O) groups is 1. The van der Waals surface area contributed by atoms with Crippen molar-refractivity contribution in [1.29, 1.82) is 0 Å². The minimum atomic E-state index is -0.144. The van der Waals surface area contributed by atoms with Gasteiger partial charge in [0.25, 0.3) is 0 Å². The Kier molecular flexibility index (Phi) is 1.62. The number of ketones is 1. The number of aliphatic hydroxyl groups is 1. The fourth-order valence-corrected chi connectivity index (χ4v) is 2.30. The van der Waals surface area contributed by atoms with E-state index in [1.165, 1.54) is 0 Å². The highest BCUT2D eigenvalue weighted by Gasteiger charge is 2.40. The van der Waals surface area contributed by atoms with Crippen molar-refractivity contribution in [1.82, 2.24) is 0 Å². The SMILES string of the molecule is CC1(C)CC2CC(=O)C=CC2=C1O. The Morgan fingerprint density at radius 1 is 1.46 bits per heavy atom. The number of rotatable bonds is 0. The zero-order chi connectivity index (χ0) is 9.64. The first-order chi connectivity index (χ1) is 6.00. The number of hydrogen-bond donors (Lipinski definition) is 1. The second kappa shape index (κ2) is 2.47. The highest BCUT2D eigenvalue weighted by molar-refractivity contribution is 5.92. The maximum absolute atomic E-state index is 11.1. The lowest BCUT2D eigenvalue weighted by molar-refractivity contribution is -0.115. The fraction of sp³-hybridized carbons (Fsp3) is 0.545. The monoisotopic (exact) mass is 178 g/mol. The van der Waals surface area contributed by atoms with Crippen LogP contribution < -0.4 is 0 Å². The normalized spacial score (nSPS) is 30.9. The summed E-state index contributed by atoms with van der Waals surface area (Å²) >= 11 is 0. The predicted octanol–water partition coefficient (Wildman–Crippen LogP) is 2.37. The molecule has 0 aliphatic heterocycles. The third kappa shape index (κ3) is 1.21. The van der Waals surface area contributed by atoms with E-state index in [9.17, 15) is 9.90 Å². The van der Waals surface area contributed by atoms with Crippen LogP contribution in [0.2, 0.25) is 0 Å². The van der Waals surface area contributed by atoms with Gasteiger partial charge in [-0.25, -0.2) is 0 Å². The average Bonchev–Trinajstić information content (AvgIpc) is 2.22. The third-order valence-electron chi connectivity index (χ3n) is 3.01. The number of hydrogen-bond acceptors (Lipinski definition) is 2. The largest absolute Gasteiger partial charge is 0.511 e. The molecule has 2 nitrogen and oxygen atoms in total. The topological polar surface area (TPSA) is 37.3 Å². The summed E-state index contributed by atoms with van der Waals surface area (Å²) in [4.78, 5) is 11.1. The molecule has 2 rings (SSSR count). The zero-order valence-corrected chi connectivity index (χ0v) is 8.00. The van der Waals surface area contributed by atoms with Crippen molar-refractivity contribution >= 4 is 5.78 Å². The molecule has 0 aromatic heterocycles. The summed E-state index contributed by atoms with van der Waals surface area (Å²) in [6, 6.07) is 0. The molecule has 2 aliphatic rings. The Hall–Kier alpha value is -1.05. The number of allylic oxidation sites excluding steroid dienone is 4. The predicted molar refractivity (Wildman–Crippen MR) is 50.3 cm³/mol. The Morgan fingerprint density at radius 2 is 2.15 bits per heavy atom. The number of aliphatic hydroxyl groups excluding tert-OH is 1. The number of carbonyl (C=O) groups excluding carboxylic acids is 1. The summed E-state index contributed by atoms with van der Waals surface area (Å²) in [5, 5.41) is 9.86. The molecule has 0 saturated carbocycles. The van der Waals surface area contributed by atoms with Gasteiger partial charge >= 0.3 is 0 Å². The van der Waals surface area contributed by atoms with Crippen molar-refractivity contribution in [3.8, 4) is 0 Å². The van der Waals surface area contributed by atoms with Gasteiger partial charge in [0.2, 0.25) is 0 Å². The summed E-state index contributed by atoms with van der Waals surface area (Å²) in [5.74, 6) is 0.910. The van der Waals surface area contributed by atoms with Crippen LogP contribution in [-0.4, -0.2) is 10.9 Å². The minimum absolute atomic E-state index is 0.144. The van der Waals surface area contributed by atoms with Gasteiger partial charge in [-0.3, -0.25) is 4.79 Å². The van der Waals surface area contributed by atoms with Gasteiger partial charge in [0.15, 0.2) is 5.78 Å². The quantitative estimate of drug-likeness (QED) is 0.618. The van der Waals surface area contributed by atoms with E-state index in [-0.39, 0.29) is 17.1 Å². The van der Waals surface area contributed by atoms with Crippen LogP contribution in [0.15, 0.2) is 23.5 Å². The highest BCUT2D eigenvalue weighted by atomic mass is 16.3. The molecule has 0 bridgehead atoms. The van der Waals surface area contributed by atoms with Gasteiger partial charge in [-0.2, -0.15) is 0 Å². The van der Waals surface area contributed by atoms with Gasteiger partial charge in [0.05, 0.1) is 0 Å². The van der Waals surface area contributed by atoms with E-state index in [2.05, 4.69) is 0 Å². The van der Waals surface area contributed by atoms with E-state index in [1.54, 1.807) is 12.2 Å². The molecule has 0 fully saturated rings. The summed E-state index contributed by atoms with van der Waals surface area (Å²) < 4.78 is 0. The van der Waals surface area contributed by atoms with Crippen molar-refractivity contribution < 1.29 is 9.90 Å². The molecule has 2 heteroatoms.